The minimum atomic E-state index is -0.140. The first-order valence-electron chi connectivity index (χ1n) is 7.17. The van der Waals surface area contributed by atoms with Crippen molar-refractivity contribution in [2.24, 2.45) is 0 Å². The van der Waals surface area contributed by atoms with Crippen LogP contribution in [0.4, 0.5) is 0 Å². The summed E-state index contributed by atoms with van der Waals surface area (Å²) in [5.41, 5.74) is 2.26. The Bertz CT molecular complexity index is 714. The SMILES string of the molecule is Cc1ccccc1CN(C)C(=O)CN(C)C(=O)c1ccc(Br)s1. The largest absolute Gasteiger partial charge is 0.340 e. The molecule has 0 aliphatic carbocycles. The van der Waals surface area contributed by atoms with Crippen molar-refractivity contribution in [2.75, 3.05) is 20.6 Å². The lowest BCUT2D eigenvalue weighted by atomic mass is 10.1. The van der Waals surface area contributed by atoms with E-state index in [0.29, 0.717) is 11.4 Å². The zero-order valence-corrected chi connectivity index (χ0v) is 15.8. The van der Waals surface area contributed by atoms with Crippen LogP contribution >= 0.6 is 27.3 Å². The maximum absolute atomic E-state index is 12.3. The van der Waals surface area contributed by atoms with Gasteiger partial charge in [-0.15, -0.1) is 11.3 Å². The van der Waals surface area contributed by atoms with Gasteiger partial charge in [-0.05, 0) is 46.1 Å². The van der Waals surface area contributed by atoms with Crippen molar-refractivity contribution in [2.45, 2.75) is 13.5 Å². The fourth-order valence-electron chi connectivity index (χ4n) is 2.14. The van der Waals surface area contributed by atoms with Gasteiger partial charge in [-0.1, -0.05) is 24.3 Å². The minimum Gasteiger partial charge on any atom is -0.340 e. The number of aryl methyl sites for hydroxylation is 1. The van der Waals surface area contributed by atoms with Crippen LogP contribution in [-0.4, -0.2) is 42.3 Å². The fourth-order valence-corrected chi connectivity index (χ4v) is 3.52. The Kier molecular flexibility index (Phi) is 5.96. The van der Waals surface area contributed by atoms with E-state index in [1.807, 2.05) is 37.3 Å². The van der Waals surface area contributed by atoms with Crippen molar-refractivity contribution in [3.05, 3.63) is 56.2 Å². The quantitative estimate of drug-likeness (QED) is 0.777. The molecule has 6 heteroatoms. The molecule has 1 aromatic heterocycles. The van der Waals surface area contributed by atoms with Gasteiger partial charge in [0.05, 0.1) is 15.2 Å². The highest BCUT2D eigenvalue weighted by atomic mass is 79.9. The average Bonchev–Trinajstić information content (AvgIpc) is 2.95. The Morgan fingerprint density at radius 1 is 1.09 bits per heavy atom. The summed E-state index contributed by atoms with van der Waals surface area (Å²) < 4.78 is 0.900. The van der Waals surface area contributed by atoms with E-state index in [1.54, 1.807) is 25.1 Å². The van der Waals surface area contributed by atoms with E-state index >= 15 is 0 Å². The molecule has 0 radical (unpaired) electrons. The van der Waals surface area contributed by atoms with E-state index < -0.39 is 0 Å². The van der Waals surface area contributed by atoms with Gasteiger partial charge in [-0.25, -0.2) is 0 Å². The maximum atomic E-state index is 12.3. The lowest BCUT2D eigenvalue weighted by molar-refractivity contribution is -0.130. The zero-order valence-electron chi connectivity index (χ0n) is 13.4. The third-order valence-electron chi connectivity index (χ3n) is 3.60. The number of carbonyl (C=O) groups excluding carboxylic acids is 2. The second-order valence-corrected chi connectivity index (χ2v) is 7.90. The topological polar surface area (TPSA) is 40.6 Å². The van der Waals surface area contributed by atoms with Crippen molar-refractivity contribution < 1.29 is 9.59 Å². The zero-order chi connectivity index (χ0) is 17.0. The van der Waals surface area contributed by atoms with Crippen molar-refractivity contribution in [3.63, 3.8) is 0 Å². The number of benzene rings is 1. The van der Waals surface area contributed by atoms with E-state index in [2.05, 4.69) is 15.9 Å². The summed E-state index contributed by atoms with van der Waals surface area (Å²) in [5, 5.41) is 0. The lowest BCUT2D eigenvalue weighted by Crippen LogP contribution is -2.39. The van der Waals surface area contributed by atoms with Crippen molar-refractivity contribution in [3.8, 4) is 0 Å². The second-order valence-electron chi connectivity index (χ2n) is 5.44. The van der Waals surface area contributed by atoms with Crippen LogP contribution in [0.25, 0.3) is 0 Å². The lowest BCUT2D eigenvalue weighted by Gasteiger charge is -2.22. The highest BCUT2D eigenvalue weighted by Crippen LogP contribution is 2.23. The summed E-state index contributed by atoms with van der Waals surface area (Å²) in [6.07, 6.45) is 0. The molecule has 1 aromatic carbocycles. The molecule has 2 aromatic rings. The number of thiophene rings is 1. The number of rotatable bonds is 5. The third-order valence-corrected chi connectivity index (χ3v) is 5.21. The van der Waals surface area contributed by atoms with Crippen molar-refractivity contribution >= 4 is 39.1 Å². The first-order valence-corrected chi connectivity index (χ1v) is 8.78. The van der Waals surface area contributed by atoms with E-state index in [1.165, 1.54) is 16.2 Å². The van der Waals surface area contributed by atoms with Crippen LogP contribution in [-0.2, 0) is 11.3 Å². The summed E-state index contributed by atoms with van der Waals surface area (Å²) in [6.45, 7) is 2.63. The Hall–Kier alpha value is -1.66. The Labute approximate surface area is 148 Å². The number of likely N-dealkylation sites (N-methyl/N-ethyl adjacent to an activating group) is 2. The Balaban J connectivity index is 1.95. The van der Waals surface area contributed by atoms with Gasteiger partial charge in [0, 0.05) is 20.6 Å². The average molecular weight is 395 g/mol. The first kappa shape index (κ1) is 17.7. The van der Waals surface area contributed by atoms with Gasteiger partial charge in [-0.3, -0.25) is 9.59 Å². The van der Waals surface area contributed by atoms with Crippen LogP contribution in [0.1, 0.15) is 20.8 Å². The molecule has 0 saturated carbocycles. The molecule has 2 amide bonds. The van der Waals surface area contributed by atoms with Crippen LogP contribution in [0.15, 0.2) is 40.2 Å². The summed E-state index contributed by atoms with van der Waals surface area (Å²) in [4.78, 5) is 28.3. The molecule has 1 heterocycles. The van der Waals surface area contributed by atoms with Crippen LogP contribution in [0.5, 0.6) is 0 Å². The summed E-state index contributed by atoms with van der Waals surface area (Å²) in [6, 6.07) is 11.6. The van der Waals surface area contributed by atoms with Gasteiger partial charge in [0.15, 0.2) is 0 Å². The van der Waals surface area contributed by atoms with Crippen LogP contribution in [0.3, 0.4) is 0 Å². The summed E-state index contributed by atoms with van der Waals surface area (Å²) in [7, 11) is 3.41. The van der Waals surface area contributed by atoms with Crippen molar-refractivity contribution in [1.82, 2.24) is 9.80 Å². The normalized spacial score (nSPS) is 10.4. The maximum Gasteiger partial charge on any atom is 0.264 e. The minimum absolute atomic E-state index is 0.0662. The smallest absolute Gasteiger partial charge is 0.264 e. The number of hydrogen-bond acceptors (Lipinski definition) is 3. The Morgan fingerprint density at radius 2 is 1.78 bits per heavy atom. The highest BCUT2D eigenvalue weighted by Gasteiger charge is 2.19. The molecule has 0 aliphatic rings. The fraction of sp³-hybridized carbons (Fsp3) is 0.294. The molecule has 0 aliphatic heterocycles. The molecule has 23 heavy (non-hydrogen) atoms. The van der Waals surface area contributed by atoms with Gasteiger partial charge < -0.3 is 9.80 Å². The number of amides is 2. The molecule has 122 valence electrons. The van der Waals surface area contributed by atoms with E-state index in [9.17, 15) is 9.59 Å². The van der Waals surface area contributed by atoms with Gasteiger partial charge >= 0.3 is 0 Å². The summed E-state index contributed by atoms with van der Waals surface area (Å²) >= 11 is 4.70. The molecule has 4 nitrogen and oxygen atoms in total. The molecule has 0 bridgehead atoms. The van der Waals surface area contributed by atoms with Crippen LogP contribution in [0, 0.1) is 6.92 Å². The number of halogens is 1. The van der Waals surface area contributed by atoms with Crippen LogP contribution in [0.2, 0.25) is 0 Å². The summed E-state index contributed by atoms with van der Waals surface area (Å²) in [5.74, 6) is -0.224. The molecule has 0 atom stereocenters. The second kappa shape index (κ2) is 7.75. The number of carbonyl (C=O) groups is 2. The van der Waals surface area contributed by atoms with Gasteiger partial charge in [-0.2, -0.15) is 0 Å². The highest BCUT2D eigenvalue weighted by molar-refractivity contribution is 9.11. The van der Waals surface area contributed by atoms with Gasteiger partial charge in [0.1, 0.15) is 0 Å². The molecule has 0 fully saturated rings. The molecular weight excluding hydrogens is 376 g/mol. The van der Waals surface area contributed by atoms with E-state index in [-0.39, 0.29) is 18.4 Å². The van der Waals surface area contributed by atoms with Crippen LogP contribution < -0.4 is 0 Å². The molecule has 0 N–H and O–H groups in total. The molecule has 2 rings (SSSR count). The molecule has 0 saturated heterocycles. The van der Waals surface area contributed by atoms with Gasteiger partial charge in [0.2, 0.25) is 5.91 Å². The van der Waals surface area contributed by atoms with E-state index in [0.717, 1.165) is 14.9 Å². The first-order chi connectivity index (χ1) is 10.9. The number of hydrogen-bond donors (Lipinski definition) is 0. The Morgan fingerprint density at radius 3 is 2.39 bits per heavy atom. The monoisotopic (exact) mass is 394 g/mol. The molecule has 0 spiro atoms. The predicted molar refractivity (Wildman–Crippen MR) is 96.6 cm³/mol. The van der Waals surface area contributed by atoms with E-state index in [4.69, 9.17) is 0 Å². The standard InChI is InChI=1S/C17H19BrN2O2S/c1-12-6-4-5-7-13(12)10-19(2)16(21)11-20(3)17(22)14-8-9-15(18)23-14/h4-9H,10-11H2,1-3H3. The predicted octanol–water partition coefficient (Wildman–Crippen LogP) is 3.55. The molecule has 0 unspecified atom stereocenters. The third kappa shape index (κ3) is 4.65. The van der Waals surface area contributed by atoms with Gasteiger partial charge in [0.25, 0.3) is 5.91 Å². The molecular formula is C17H19BrN2O2S. The van der Waals surface area contributed by atoms with Crippen molar-refractivity contribution in [1.29, 1.82) is 0 Å². The number of nitrogens with zero attached hydrogens (tertiary/aromatic N) is 2.